The molecule has 0 saturated heterocycles. The number of esters is 1. The lowest BCUT2D eigenvalue weighted by atomic mass is 10.2. The van der Waals surface area contributed by atoms with Gasteiger partial charge in [0.2, 0.25) is 0 Å². The van der Waals surface area contributed by atoms with E-state index in [9.17, 15) is 14.4 Å². The molecular formula is C21H25N5O4. The molecule has 0 fully saturated rings. The predicted molar refractivity (Wildman–Crippen MR) is 111 cm³/mol. The molecule has 30 heavy (non-hydrogen) atoms. The Bertz CT molecular complexity index is 1240. The van der Waals surface area contributed by atoms with E-state index in [0.717, 1.165) is 18.4 Å². The molecule has 3 aromatic heterocycles. The van der Waals surface area contributed by atoms with E-state index in [1.807, 2.05) is 19.9 Å². The van der Waals surface area contributed by atoms with Gasteiger partial charge in [0.05, 0.1) is 17.5 Å². The summed E-state index contributed by atoms with van der Waals surface area (Å²) in [5.74, 6) is -0.875. The highest BCUT2D eigenvalue weighted by atomic mass is 16.5. The molecule has 0 aliphatic rings. The standard InChI is InChI=1S/C21H25N5O4/c1-4-5-8-23-20(28)15-12-16-19(25(17(15)22)10-11-30-14(3)27)24-18-13(2)7-6-9-26(18)21(16)29/h6-7,9,12,22H,4-5,8,10-11H2,1-3H3,(H,23,28). The average Bonchev–Trinajstić information content (AvgIpc) is 2.70. The molecule has 0 radical (unpaired) electrons. The van der Waals surface area contributed by atoms with Gasteiger partial charge in [0.1, 0.15) is 23.4 Å². The van der Waals surface area contributed by atoms with Gasteiger partial charge in [0, 0.05) is 19.7 Å². The van der Waals surface area contributed by atoms with E-state index in [0.29, 0.717) is 12.2 Å². The second-order valence-corrected chi connectivity index (χ2v) is 7.05. The first-order valence-electron chi connectivity index (χ1n) is 9.86. The SMILES string of the molecule is CCCCNC(=O)c1cc2c(=O)n3cccc(C)c3nc2n(CCOC(C)=O)c1=N. The van der Waals surface area contributed by atoms with Crippen LogP contribution in [0.2, 0.25) is 0 Å². The normalized spacial score (nSPS) is 11.0. The fourth-order valence-electron chi connectivity index (χ4n) is 3.24. The van der Waals surface area contributed by atoms with E-state index >= 15 is 0 Å². The second kappa shape index (κ2) is 8.89. The fraction of sp³-hybridized carbons (Fsp3) is 0.381. The summed E-state index contributed by atoms with van der Waals surface area (Å²) in [6.07, 6.45) is 3.36. The summed E-state index contributed by atoms with van der Waals surface area (Å²) in [6.45, 7) is 5.73. The quantitative estimate of drug-likeness (QED) is 0.347. The molecule has 0 aliphatic carbocycles. The largest absolute Gasteiger partial charge is 0.464 e. The molecule has 1 amide bonds. The number of ether oxygens (including phenoxy) is 1. The molecule has 0 aromatic carbocycles. The maximum atomic E-state index is 13.2. The number of hydrogen-bond donors (Lipinski definition) is 2. The summed E-state index contributed by atoms with van der Waals surface area (Å²) >= 11 is 0. The van der Waals surface area contributed by atoms with Crippen LogP contribution in [0.4, 0.5) is 0 Å². The van der Waals surface area contributed by atoms with Crippen molar-refractivity contribution in [2.75, 3.05) is 13.2 Å². The maximum Gasteiger partial charge on any atom is 0.302 e. The molecule has 0 unspecified atom stereocenters. The van der Waals surface area contributed by atoms with Gasteiger partial charge < -0.3 is 14.6 Å². The van der Waals surface area contributed by atoms with Crippen molar-refractivity contribution < 1.29 is 14.3 Å². The third kappa shape index (κ3) is 4.10. The average molecular weight is 411 g/mol. The Labute approximate surface area is 172 Å². The van der Waals surface area contributed by atoms with Gasteiger partial charge in [-0.1, -0.05) is 19.4 Å². The van der Waals surface area contributed by atoms with Crippen molar-refractivity contribution in [3.63, 3.8) is 0 Å². The van der Waals surface area contributed by atoms with Crippen molar-refractivity contribution >= 4 is 28.6 Å². The number of unbranched alkanes of at least 4 members (excludes halogenated alkanes) is 1. The van der Waals surface area contributed by atoms with Crippen LogP contribution in [0.5, 0.6) is 0 Å². The predicted octanol–water partition coefficient (Wildman–Crippen LogP) is 1.53. The van der Waals surface area contributed by atoms with Gasteiger partial charge in [-0.15, -0.1) is 0 Å². The zero-order valence-corrected chi connectivity index (χ0v) is 17.3. The van der Waals surface area contributed by atoms with Crippen molar-refractivity contribution in [2.45, 2.75) is 40.2 Å². The van der Waals surface area contributed by atoms with E-state index < -0.39 is 11.9 Å². The van der Waals surface area contributed by atoms with Crippen molar-refractivity contribution in [1.29, 1.82) is 5.41 Å². The maximum absolute atomic E-state index is 13.2. The summed E-state index contributed by atoms with van der Waals surface area (Å²) in [4.78, 5) is 41.6. The first-order chi connectivity index (χ1) is 14.3. The first kappa shape index (κ1) is 21.2. The third-order valence-electron chi connectivity index (χ3n) is 4.81. The monoisotopic (exact) mass is 411 g/mol. The molecule has 9 nitrogen and oxygen atoms in total. The van der Waals surface area contributed by atoms with Gasteiger partial charge >= 0.3 is 5.97 Å². The smallest absolute Gasteiger partial charge is 0.302 e. The minimum atomic E-state index is -0.450. The number of nitrogens with zero attached hydrogens (tertiary/aromatic N) is 3. The Balaban J connectivity index is 2.24. The van der Waals surface area contributed by atoms with Crippen LogP contribution in [0.25, 0.3) is 16.7 Å². The number of aryl methyl sites for hydroxylation is 1. The number of aromatic nitrogens is 3. The highest BCUT2D eigenvalue weighted by Crippen LogP contribution is 2.13. The molecule has 0 bridgehead atoms. The van der Waals surface area contributed by atoms with E-state index in [1.54, 1.807) is 12.3 Å². The second-order valence-electron chi connectivity index (χ2n) is 7.05. The summed E-state index contributed by atoms with van der Waals surface area (Å²) in [7, 11) is 0. The van der Waals surface area contributed by atoms with Crippen LogP contribution in [0, 0.1) is 12.3 Å². The van der Waals surface area contributed by atoms with E-state index in [4.69, 9.17) is 10.1 Å². The summed E-state index contributed by atoms with van der Waals surface area (Å²) in [6, 6.07) is 5.02. The lowest BCUT2D eigenvalue weighted by Gasteiger charge is -2.15. The zero-order valence-electron chi connectivity index (χ0n) is 17.3. The lowest BCUT2D eigenvalue weighted by molar-refractivity contribution is -0.141. The van der Waals surface area contributed by atoms with Crippen LogP contribution in [-0.2, 0) is 16.1 Å². The highest BCUT2D eigenvalue weighted by molar-refractivity contribution is 5.96. The third-order valence-corrected chi connectivity index (χ3v) is 4.81. The number of nitrogens with one attached hydrogen (secondary N) is 2. The Morgan fingerprint density at radius 3 is 2.77 bits per heavy atom. The number of hydrogen-bond acceptors (Lipinski definition) is 6. The van der Waals surface area contributed by atoms with Gasteiger partial charge in [-0.25, -0.2) is 4.98 Å². The molecule has 3 heterocycles. The van der Waals surface area contributed by atoms with Gasteiger partial charge in [0.15, 0.2) is 0 Å². The van der Waals surface area contributed by atoms with E-state index in [1.165, 1.54) is 22.0 Å². The van der Waals surface area contributed by atoms with Crippen molar-refractivity contribution in [1.82, 2.24) is 19.3 Å². The van der Waals surface area contributed by atoms with Gasteiger partial charge in [-0.2, -0.15) is 0 Å². The summed E-state index contributed by atoms with van der Waals surface area (Å²) < 4.78 is 7.89. The molecule has 0 atom stereocenters. The summed E-state index contributed by atoms with van der Waals surface area (Å²) in [5.41, 5.74) is 1.20. The number of carbonyl (C=O) groups is 2. The van der Waals surface area contributed by atoms with Gasteiger partial charge in [-0.3, -0.25) is 24.2 Å². The van der Waals surface area contributed by atoms with Crippen LogP contribution < -0.4 is 16.4 Å². The molecule has 0 spiro atoms. The van der Waals surface area contributed by atoms with Crippen LogP contribution in [0.15, 0.2) is 29.2 Å². The molecular weight excluding hydrogens is 386 g/mol. The van der Waals surface area contributed by atoms with Crippen LogP contribution in [0.1, 0.15) is 42.6 Å². The van der Waals surface area contributed by atoms with E-state index in [-0.39, 0.29) is 40.8 Å². The zero-order chi connectivity index (χ0) is 21.8. The van der Waals surface area contributed by atoms with Crippen molar-refractivity contribution in [2.24, 2.45) is 0 Å². The minimum Gasteiger partial charge on any atom is -0.464 e. The Morgan fingerprint density at radius 2 is 2.07 bits per heavy atom. The van der Waals surface area contributed by atoms with Crippen LogP contribution in [-0.4, -0.2) is 39.0 Å². The van der Waals surface area contributed by atoms with Crippen LogP contribution in [0.3, 0.4) is 0 Å². The van der Waals surface area contributed by atoms with Crippen molar-refractivity contribution in [3.05, 3.63) is 51.4 Å². The first-order valence-corrected chi connectivity index (χ1v) is 9.86. The van der Waals surface area contributed by atoms with Crippen molar-refractivity contribution in [3.8, 4) is 0 Å². The number of rotatable bonds is 7. The molecule has 2 N–H and O–H groups in total. The Kier molecular flexibility index (Phi) is 6.29. The Morgan fingerprint density at radius 1 is 1.30 bits per heavy atom. The molecule has 9 heteroatoms. The fourth-order valence-corrected chi connectivity index (χ4v) is 3.24. The number of fused-ring (bicyclic) bond motifs is 2. The topological polar surface area (TPSA) is 119 Å². The number of amides is 1. The van der Waals surface area contributed by atoms with Gasteiger partial charge in [0.25, 0.3) is 11.5 Å². The Hall–Kier alpha value is -3.49. The molecule has 0 aliphatic heterocycles. The molecule has 3 rings (SSSR count). The van der Waals surface area contributed by atoms with Gasteiger partial charge in [-0.05, 0) is 31.0 Å². The molecule has 0 saturated carbocycles. The molecule has 158 valence electrons. The number of pyridine rings is 2. The summed E-state index contributed by atoms with van der Waals surface area (Å²) in [5, 5.41) is 11.6. The lowest BCUT2D eigenvalue weighted by Crippen LogP contribution is -2.36. The molecule has 3 aromatic rings. The van der Waals surface area contributed by atoms with Crippen LogP contribution >= 0.6 is 0 Å². The van der Waals surface area contributed by atoms with E-state index in [2.05, 4.69) is 10.3 Å². The highest BCUT2D eigenvalue weighted by Gasteiger charge is 2.18. The number of carbonyl (C=O) groups excluding carboxylic acids is 2. The minimum absolute atomic E-state index is 0.00326.